The molecule has 6 heteroatoms. The van der Waals surface area contributed by atoms with Crippen molar-refractivity contribution in [3.05, 3.63) is 39.8 Å². The maximum atomic E-state index is 11.9. The molecule has 1 amide bonds. The van der Waals surface area contributed by atoms with Gasteiger partial charge in [0.05, 0.1) is 6.61 Å². The van der Waals surface area contributed by atoms with Gasteiger partial charge in [0.1, 0.15) is 5.75 Å². The third-order valence-electron chi connectivity index (χ3n) is 4.12. The van der Waals surface area contributed by atoms with E-state index in [9.17, 15) is 4.79 Å². The molecule has 1 unspecified atom stereocenters. The summed E-state index contributed by atoms with van der Waals surface area (Å²) in [7, 11) is 0. The SMILES string of the molecule is [N-]=[N+]=NCC1CC(=O)N(CCc2ccc3c(c2)CCO3)C1. The number of carbonyl (C=O) groups excluding carboxylic acids is 1. The number of hydrogen-bond acceptors (Lipinski definition) is 3. The first kappa shape index (κ1) is 13.8. The lowest BCUT2D eigenvalue weighted by atomic mass is 10.1. The zero-order valence-electron chi connectivity index (χ0n) is 11.9. The van der Waals surface area contributed by atoms with Gasteiger partial charge in [0.2, 0.25) is 5.91 Å². The van der Waals surface area contributed by atoms with Crippen LogP contribution in [0.1, 0.15) is 17.5 Å². The molecule has 3 rings (SSSR count). The fraction of sp³-hybridized carbons (Fsp3) is 0.533. The van der Waals surface area contributed by atoms with Crippen molar-refractivity contribution in [1.82, 2.24) is 4.90 Å². The maximum Gasteiger partial charge on any atom is 0.222 e. The van der Waals surface area contributed by atoms with E-state index in [0.29, 0.717) is 19.5 Å². The molecule has 2 heterocycles. The van der Waals surface area contributed by atoms with Gasteiger partial charge in [0, 0.05) is 37.4 Å². The first-order valence-corrected chi connectivity index (χ1v) is 7.29. The Bertz CT molecular complexity index is 595. The molecule has 1 saturated heterocycles. The predicted molar refractivity (Wildman–Crippen MR) is 78.0 cm³/mol. The number of carbonyl (C=O) groups is 1. The summed E-state index contributed by atoms with van der Waals surface area (Å²) in [6.45, 7) is 2.61. The van der Waals surface area contributed by atoms with E-state index < -0.39 is 0 Å². The molecule has 1 fully saturated rings. The highest BCUT2D eigenvalue weighted by molar-refractivity contribution is 5.78. The Balaban J connectivity index is 1.55. The van der Waals surface area contributed by atoms with Gasteiger partial charge in [-0.05, 0) is 35.1 Å². The second-order valence-corrected chi connectivity index (χ2v) is 5.61. The third kappa shape index (κ3) is 3.11. The molecule has 1 aromatic rings. The minimum Gasteiger partial charge on any atom is -0.493 e. The Kier molecular flexibility index (Phi) is 3.97. The van der Waals surface area contributed by atoms with Crippen molar-refractivity contribution in [3.8, 4) is 5.75 Å². The summed E-state index contributed by atoms with van der Waals surface area (Å²) in [4.78, 5) is 16.6. The molecule has 0 saturated carbocycles. The molecule has 0 aliphatic carbocycles. The fourth-order valence-corrected chi connectivity index (χ4v) is 3.00. The van der Waals surface area contributed by atoms with E-state index in [1.54, 1.807) is 0 Å². The molecule has 0 aromatic heterocycles. The van der Waals surface area contributed by atoms with Gasteiger partial charge in [0.25, 0.3) is 0 Å². The molecular formula is C15H18N4O2. The third-order valence-corrected chi connectivity index (χ3v) is 4.12. The summed E-state index contributed by atoms with van der Waals surface area (Å²) < 4.78 is 5.50. The van der Waals surface area contributed by atoms with Crippen LogP contribution in [0, 0.1) is 5.92 Å². The van der Waals surface area contributed by atoms with Crippen LogP contribution in [0.3, 0.4) is 0 Å². The van der Waals surface area contributed by atoms with Crippen LogP contribution in [0.15, 0.2) is 23.3 Å². The summed E-state index contributed by atoms with van der Waals surface area (Å²) in [5.74, 6) is 1.32. The van der Waals surface area contributed by atoms with Crippen molar-refractivity contribution in [2.75, 3.05) is 26.2 Å². The highest BCUT2D eigenvalue weighted by Gasteiger charge is 2.28. The zero-order chi connectivity index (χ0) is 14.7. The second-order valence-electron chi connectivity index (χ2n) is 5.61. The van der Waals surface area contributed by atoms with Gasteiger partial charge in [-0.1, -0.05) is 17.2 Å². The van der Waals surface area contributed by atoms with E-state index in [-0.39, 0.29) is 11.8 Å². The van der Waals surface area contributed by atoms with Crippen LogP contribution in [-0.4, -0.2) is 37.0 Å². The minimum absolute atomic E-state index is 0.164. The van der Waals surface area contributed by atoms with Crippen LogP contribution in [-0.2, 0) is 17.6 Å². The van der Waals surface area contributed by atoms with E-state index in [0.717, 1.165) is 31.7 Å². The van der Waals surface area contributed by atoms with Gasteiger partial charge in [-0.25, -0.2) is 0 Å². The zero-order valence-corrected chi connectivity index (χ0v) is 11.9. The molecule has 1 aromatic carbocycles. The van der Waals surface area contributed by atoms with Gasteiger partial charge in [0.15, 0.2) is 0 Å². The van der Waals surface area contributed by atoms with Crippen LogP contribution in [0.4, 0.5) is 0 Å². The van der Waals surface area contributed by atoms with Gasteiger partial charge in [-0.3, -0.25) is 4.79 Å². The molecule has 2 aliphatic rings. The molecule has 2 aliphatic heterocycles. The topological polar surface area (TPSA) is 78.3 Å². The average Bonchev–Trinajstić information content (AvgIpc) is 3.08. The Morgan fingerprint density at radius 1 is 1.48 bits per heavy atom. The summed E-state index contributed by atoms with van der Waals surface area (Å²) in [5.41, 5.74) is 10.8. The Labute approximate surface area is 123 Å². The van der Waals surface area contributed by atoms with Crippen LogP contribution in [0.25, 0.3) is 10.4 Å². The average molecular weight is 286 g/mol. The molecule has 1 atom stereocenters. The quantitative estimate of drug-likeness (QED) is 0.473. The largest absolute Gasteiger partial charge is 0.493 e. The van der Waals surface area contributed by atoms with Crippen LogP contribution in [0.5, 0.6) is 5.75 Å². The molecule has 0 spiro atoms. The lowest BCUT2D eigenvalue weighted by molar-refractivity contribution is -0.127. The molecule has 0 radical (unpaired) electrons. The number of azide groups is 1. The number of benzene rings is 1. The van der Waals surface area contributed by atoms with Crippen LogP contribution in [0.2, 0.25) is 0 Å². The predicted octanol–water partition coefficient (Wildman–Crippen LogP) is 2.32. The Morgan fingerprint density at radius 3 is 3.24 bits per heavy atom. The number of ether oxygens (including phenoxy) is 1. The van der Waals surface area contributed by atoms with Crippen molar-refractivity contribution in [2.24, 2.45) is 11.0 Å². The highest BCUT2D eigenvalue weighted by atomic mass is 16.5. The van der Waals surface area contributed by atoms with Gasteiger partial charge in [-0.15, -0.1) is 0 Å². The van der Waals surface area contributed by atoms with Gasteiger partial charge in [-0.2, -0.15) is 0 Å². The monoisotopic (exact) mass is 286 g/mol. The lowest BCUT2D eigenvalue weighted by Gasteiger charge is -2.16. The van der Waals surface area contributed by atoms with Crippen molar-refractivity contribution in [3.63, 3.8) is 0 Å². The Morgan fingerprint density at radius 2 is 2.38 bits per heavy atom. The molecule has 110 valence electrons. The number of hydrogen-bond donors (Lipinski definition) is 0. The number of rotatable bonds is 5. The van der Waals surface area contributed by atoms with E-state index in [1.165, 1.54) is 11.1 Å². The van der Waals surface area contributed by atoms with E-state index in [2.05, 4.69) is 22.2 Å². The Hall–Kier alpha value is -2.20. The van der Waals surface area contributed by atoms with Gasteiger partial charge >= 0.3 is 0 Å². The van der Waals surface area contributed by atoms with Crippen LogP contribution >= 0.6 is 0 Å². The summed E-state index contributed by atoms with van der Waals surface area (Å²) in [5, 5.41) is 3.57. The fourth-order valence-electron chi connectivity index (χ4n) is 3.00. The molecule has 6 nitrogen and oxygen atoms in total. The summed E-state index contributed by atoms with van der Waals surface area (Å²) in [6.07, 6.45) is 2.32. The van der Waals surface area contributed by atoms with Crippen molar-refractivity contribution >= 4 is 5.91 Å². The normalized spacial score (nSPS) is 20.1. The standard InChI is InChI=1S/C15H18N4O2/c16-18-17-9-12-8-15(20)19(10-12)5-3-11-1-2-14-13(7-11)4-6-21-14/h1-2,7,12H,3-6,8-10H2. The molecule has 21 heavy (non-hydrogen) atoms. The van der Waals surface area contributed by atoms with Crippen LogP contribution < -0.4 is 4.74 Å². The van der Waals surface area contributed by atoms with E-state index in [1.807, 2.05) is 11.0 Å². The first-order chi connectivity index (χ1) is 10.3. The van der Waals surface area contributed by atoms with Crippen molar-refractivity contribution < 1.29 is 9.53 Å². The summed E-state index contributed by atoms with van der Waals surface area (Å²) >= 11 is 0. The van der Waals surface area contributed by atoms with E-state index in [4.69, 9.17) is 10.3 Å². The smallest absolute Gasteiger partial charge is 0.222 e. The van der Waals surface area contributed by atoms with Gasteiger partial charge < -0.3 is 9.64 Å². The molecule has 0 N–H and O–H groups in total. The molecular weight excluding hydrogens is 268 g/mol. The maximum absolute atomic E-state index is 11.9. The first-order valence-electron chi connectivity index (χ1n) is 7.29. The molecule has 0 bridgehead atoms. The van der Waals surface area contributed by atoms with Crippen molar-refractivity contribution in [2.45, 2.75) is 19.3 Å². The number of likely N-dealkylation sites (tertiary alicyclic amines) is 1. The minimum atomic E-state index is 0.164. The summed E-state index contributed by atoms with van der Waals surface area (Å²) in [6, 6.07) is 6.27. The van der Waals surface area contributed by atoms with E-state index >= 15 is 0 Å². The second kappa shape index (κ2) is 6.06. The van der Waals surface area contributed by atoms with Crippen molar-refractivity contribution in [1.29, 1.82) is 0 Å². The lowest BCUT2D eigenvalue weighted by Crippen LogP contribution is -2.27. The highest BCUT2D eigenvalue weighted by Crippen LogP contribution is 2.26. The number of amides is 1. The number of fused-ring (bicyclic) bond motifs is 1. The number of nitrogens with zero attached hydrogens (tertiary/aromatic N) is 4.